The lowest BCUT2D eigenvalue weighted by atomic mass is 9.89. The number of pyridine rings is 2. The van der Waals surface area contributed by atoms with Gasteiger partial charge < -0.3 is 19.7 Å². The summed E-state index contributed by atoms with van der Waals surface area (Å²) < 4.78 is 7.17. The highest BCUT2D eigenvalue weighted by Gasteiger charge is 2.31. The summed E-state index contributed by atoms with van der Waals surface area (Å²) in [5.74, 6) is -0.267. The predicted octanol–water partition coefficient (Wildman–Crippen LogP) is 5.27. The number of aromatic nitrogens is 3. The number of rotatable bonds is 6. The van der Waals surface area contributed by atoms with E-state index in [1.807, 2.05) is 42.5 Å². The third-order valence-corrected chi connectivity index (χ3v) is 8.05. The molecule has 208 valence electrons. The van der Waals surface area contributed by atoms with Crippen LogP contribution in [0.1, 0.15) is 59.4 Å². The molecule has 9 nitrogen and oxygen atoms in total. The van der Waals surface area contributed by atoms with E-state index >= 15 is 0 Å². The Bertz CT molecular complexity index is 1800. The summed E-state index contributed by atoms with van der Waals surface area (Å²) in [7, 11) is 0. The quantitative estimate of drug-likeness (QED) is 0.287. The van der Waals surface area contributed by atoms with E-state index in [9.17, 15) is 14.4 Å². The second kappa shape index (κ2) is 11.2. The number of nitrogens with one attached hydrogen (secondary N) is 2. The Kier molecular flexibility index (Phi) is 7.28. The molecule has 1 aliphatic carbocycles. The van der Waals surface area contributed by atoms with Gasteiger partial charge in [0.25, 0.3) is 11.5 Å². The molecule has 3 atom stereocenters. The summed E-state index contributed by atoms with van der Waals surface area (Å²) in [6.45, 7) is 1.72. The lowest BCUT2D eigenvalue weighted by molar-refractivity contribution is -0.124. The Morgan fingerprint density at radius 2 is 1.88 bits per heavy atom. The van der Waals surface area contributed by atoms with Gasteiger partial charge in [0.15, 0.2) is 0 Å². The lowest BCUT2D eigenvalue weighted by Gasteiger charge is -2.33. The van der Waals surface area contributed by atoms with Crippen molar-refractivity contribution in [3.63, 3.8) is 0 Å². The van der Waals surface area contributed by atoms with Gasteiger partial charge in [0.05, 0.1) is 16.1 Å². The number of carbonyl (C=O) groups excluding carboxylic acids is 2. The van der Waals surface area contributed by atoms with Crippen LogP contribution in [0.2, 0.25) is 5.02 Å². The van der Waals surface area contributed by atoms with Crippen LogP contribution in [0.15, 0.2) is 82.4 Å². The topological polar surface area (TPSA) is 119 Å². The number of hydrogen-bond donors (Lipinski definition) is 2. The number of amides is 2. The predicted molar refractivity (Wildman–Crippen MR) is 156 cm³/mol. The number of nitrogens with zero attached hydrogens (tertiary/aromatic N) is 3. The van der Waals surface area contributed by atoms with Crippen LogP contribution in [-0.4, -0.2) is 32.6 Å². The van der Waals surface area contributed by atoms with Gasteiger partial charge in [-0.05, 0) is 62.4 Å². The Morgan fingerprint density at radius 1 is 1.05 bits per heavy atom. The molecule has 6 rings (SSSR count). The molecule has 0 bridgehead atoms. The van der Waals surface area contributed by atoms with Gasteiger partial charge in [-0.15, -0.1) is 0 Å². The third-order valence-electron chi connectivity index (χ3n) is 7.74. The molecule has 1 fully saturated rings. The van der Waals surface area contributed by atoms with Crippen molar-refractivity contribution in [2.24, 2.45) is 0 Å². The second-order valence-electron chi connectivity index (χ2n) is 10.4. The van der Waals surface area contributed by atoms with E-state index in [4.69, 9.17) is 16.1 Å². The highest BCUT2D eigenvalue weighted by molar-refractivity contribution is 6.37. The largest absolute Gasteiger partial charge is 0.360 e. The van der Waals surface area contributed by atoms with E-state index in [2.05, 4.69) is 20.8 Å². The van der Waals surface area contributed by atoms with Crippen LogP contribution in [0, 0.1) is 6.92 Å². The van der Waals surface area contributed by atoms with Crippen molar-refractivity contribution in [1.82, 2.24) is 25.3 Å². The fraction of sp³-hybridized carbons (Fsp3) is 0.258. The molecule has 2 aromatic carbocycles. The van der Waals surface area contributed by atoms with Gasteiger partial charge in [-0.3, -0.25) is 19.4 Å². The summed E-state index contributed by atoms with van der Waals surface area (Å²) in [5.41, 5.74) is 1.99. The van der Waals surface area contributed by atoms with Gasteiger partial charge in [0.1, 0.15) is 22.7 Å². The molecule has 0 spiro atoms. The van der Waals surface area contributed by atoms with E-state index in [1.165, 1.54) is 6.20 Å². The van der Waals surface area contributed by atoms with Crippen LogP contribution in [-0.2, 0) is 4.79 Å². The van der Waals surface area contributed by atoms with Gasteiger partial charge in [0.2, 0.25) is 5.91 Å². The fourth-order valence-electron chi connectivity index (χ4n) is 5.81. The van der Waals surface area contributed by atoms with Crippen molar-refractivity contribution in [1.29, 1.82) is 0 Å². The van der Waals surface area contributed by atoms with Gasteiger partial charge in [0, 0.05) is 29.9 Å². The fourth-order valence-corrected chi connectivity index (χ4v) is 6.07. The number of carbonyl (C=O) groups is 2. The summed E-state index contributed by atoms with van der Waals surface area (Å²) in [4.78, 5) is 44.5. The molecule has 2 N–H and O–H groups in total. The zero-order valence-electron chi connectivity index (χ0n) is 22.3. The lowest BCUT2D eigenvalue weighted by Crippen LogP contribution is -2.46. The van der Waals surface area contributed by atoms with Crippen LogP contribution in [0.4, 0.5) is 0 Å². The molecule has 3 unspecified atom stereocenters. The molecular formula is C31H28ClN5O4. The normalized spacial score (nSPS) is 17.8. The molecule has 5 aromatic rings. The Labute approximate surface area is 240 Å². The number of benzene rings is 2. The van der Waals surface area contributed by atoms with Crippen LogP contribution in [0.5, 0.6) is 0 Å². The second-order valence-corrected chi connectivity index (χ2v) is 10.8. The van der Waals surface area contributed by atoms with Crippen LogP contribution in [0.25, 0.3) is 21.8 Å². The first-order valence-electron chi connectivity index (χ1n) is 13.6. The molecule has 0 radical (unpaired) electrons. The molecule has 1 saturated carbocycles. The first-order valence-corrected chi connectivity index (χ1v) is 13.9. The summed E-state index contributed by atoms with van der Waals surface area (Å²) in [5, 5.41) is 11.7. The first kappa shape index (κ1) is 26.7. The zero-order valence-corrected chi connectivity index (χ0v) is 23.1. The molecule has 10 heteroatoms. The van der Waals surface area contributed by atoms with Gasteiger partial charge in [-0.1, -0.05) is 53.2 Å². The van der Waals surface area contributed by atoms with Crippen LogP contribution >= 0.6 is 11.6 Å². The third kappa shape index (κ3) is 5.09. The SMILES string of the molecule is Cc1onc2c1c(=O)n(C1CCCC(NC(=O)C(NC(=O)c3cccnc3)c3ccccc3)C1)c1cccc(Cl)c21. The number of fused-ring (bicyclic) bond motifs is 3. The van der Waals surface area contributed by atoms with E-state index < -0.39 is 11.9 Å². The minimum atomic E-state index is -0.900. The molecule has 3 aromatic heterocycles. The maximum absolute atomic E-state index is 13.8. The molecule has 0 saturated heterocycles. The molecule has 1 aliphatic rings. The van der Waals surface area contributed by atoms with Crippen molar-refractivity contribution in [3.05, 3.63) is 105 Å². The highest BCUT2D eigenvalue weighted by Crippen LogP contribution is 2.35. The smallest absolute Gasteiger partial charge is 0.264 e. The Morgan fingerprint density at radius 3 is 2.66 bits per heavy atom. The van der Waals surface area contributed by atoms with Crippen molar-refractivity contribution < 1.29 is 14.1 Å². The molecule has 41 heavy (non-hydrogen) atoms. The summed E-state index contributed by atoms with van der Waals surface area (Å²) in [6.07, 6.45) is 5.92. The Balaban J connectivity index is 1.29. The number of halogens is 1. The average molecular weight is 570 g/mol. The minimum absolute atomic E-state index is 0.179. The Hall–Kier alpha value is -4.50. The number of hydrogen-bond acceptors (Lipinski definition) is 6. The standard InChI is InChI=1S/C31H28ClN5O4/c1-18-25-28(36-41-18)26-23(32)13-6-14-24(26)37(31(25)40)22-12-5-11-21(16-22)34-30(39)27(19-8-3-2-4-9-19)35-29(38)20-10-7-15-33-17-20/h2-4,6-10,13-15,17,21-22,27H,5,11-12,16H2,1H3,(H,34,39)(H,35,38). The van der Waals surface area contributed by atoms with E-state index in [-0.39, 0.29) is 23.6 Å². The van der Waals surface area contributed by atoms with Gasteiger partial charge in [-0.2, -0.15) is 0 Å². The molecular weight excluding hydrogens is 542 g/mol. The van der Waals surface area contributed by atoms with Crippen molar-refractivity contribution >= 4 is 45.2 Å². The zero-order chi connectivity index (χ0) is 28.5. The van der Waals surface area contributed by atoms with E-state index in [0.29, 0.717) is 50.1 Å². The summed E-state index contributed by atoms with van der Waals surface area (Å²) in [6, 6.07) is 16.6. The maximum atomic E-state index is 13.8. The molecule has 3 heterocycles. The first-order chi connectivity index (χ1) is 19.9. The average Bonchev–Trinajstić information content (AvgIpc) is 3.38. The highest BCUT2D eigenvalue weighted by atomic mass is 35.5. The van der Waals surface area contributed by atoms with Gasteiger partial charge in [-0.25, -0.2) is 0 Å². The summed E-state index contributed by atoms with van der Waals surface area (Å²) >= 11 is 6.59. The van der Waals surface area contributed by atoms with Gasteiger partial charge >= 0.3 is 0 Å². The molecule has 0 aliphatic heterocycles. The maximum Gasteiger partial charge on any atom is 0.264 e. The minimum Gasteiger partial charge on any atom is -0.360 e. The number of aryl methyl sites for hydroxylation is 1. The van der Waals surface area contributed by atoms with Crippen LogP contribution < -0.4 is 16.2 Å². The van der Waals surface area contributed by atoms with Crippen LogP contribution in [0.3, 0.4) is 0 Å². The molecule has 2 amide bonds. The van der Waals surface area contributed by atoms with E-state index in [0.717, 1.165) is 19.3 Å². The van der Waals surface area contributed by atoms with Crippen molar-refractivity contribution in [2.75, 3.05) is 0 Å². The van der Waals surface area contributed by atoms with E-state index in [1.54, 1.807) is 35.9 Å². The monoisotopic (exact) mass is 569 g/mol. The van der Waals surface area contributed by atoms with Crippen molar-refractivity contribution in [3.8, 4) is 0 Å². The van der Waals surface area contributed by atoms with Crippen molar-refractivity contribution in [2.45, 2.75) is 50.7 Å².